The number of hydrogen-bond acceptors (Lipinski definition) is 2. The summed E-state index contributed by atoms with van der Waals surface area (Å²) in [6.07, 6.45) is 1.79. The van der Waals surface area contributed by atoms with Crippen molar-refractivity contribution in [3.8, 4) is 16.9 Å². The number of benzene rings is 3. The van der Waals surface area contributed by atoms with E-state index in [4.69, 9.17) is 5.10 Å². The first-order valence-corrected chi connectivity index (χ1v) is 8.90. The summed E-state index contributed by atoms with van der Waals surface area (Å²) < 4.78 is 28.7. The van der Waals surface area contributed by atoms with Crippen molar-refractivity contribution in [3.05, 3.63) is 90.1 Å². The number of halogens is 2. The number of nitrogens with zero attached hydrogens (tertiary/aromatic N) is 3. The lowest BCUT2D eigenvalue weighted by molar-refractivity contribution is 0.627. The molecule has 2 aromatic heterocycles. The highest BCUT2D eigenvalue weighted by atomic mass is 19.1. The van der Waals surface area contributed by atoms with Gasteiger partial charge in [0.1, 0.15) is 17.3 Å². The number of fused-ring (bicyclic) bond motifs is 3. The van der Waals surface area contributed by atoms with Crippen LogP contribution in [0.1, 0.15) is 5.56 Å². The van der Waals surface area contributed by atoms with Gasteiger partial charge >= 0.3 is 0 Å². The SMILES string of the molecule is Cc1ccc2ncc3c(-c4ccc(F)cc4)nn(-c4ccc(F)cc4)c3c2c1. The second-order valence-electron chi connectivity index (χ2n) is 6.78. The zero-order chi connectivity index (χ0) is 19.3. The first-order valence-electron chi connectivity index (χ1n) is 8.90. The van der Waals surface area contributed by atoms with Crippen LogP contribution in [0.3, 0.4) is 0 Å². The Bertz CT molecular complexity index is 1320. The van der Waals surface area contributed by atoms with Crippen molar-refractivity contribution >= 4 is 21.8 Å². The van der Waals surface area contributed by atoms with E-state index in [1.54, 1.807) is 35.1 Å². The molecular formula is C23H15F2N3. The summed E-state index contributed by atoms with van der Waals surface area (Å²) in [6.45, 7) is 2.03. The molecule has 0 saturated carbocycles. The Hall–Kier alpha value is -3.60. The molecule has 5 aromatic rings. The number of pyridine rings is 1. The molecule has 0 bridgehead atoms. The molecule has 2 heterocycles. The summed E-state index contributed by atoms with van der Waals surface area (Å²) in [5, 5.41) is 6.62. The van der Waals surface area contributed by atoms with Crippen LogP contribution < -0.4 is 0 Å². The molecule has 0 amide bonds. The lowest BCUT2D eigenvalue weighted by Crippen LogP contribution is -1.97. The van der Waals surface area contributed by atoms with E-state index < -0.39 is 0 Å². The standard InChI is InChI=1S/C23H15F2N3/c1-14-2-11-21-19(12-14)23-20(13-26-21)22(15-3-5-16(24)6-4-15)27-28(23)18-9-7-17(25)8-10-18/h2-13H,1H3. The molecule has 0 fully saturated rings. The fourth-order valence-electron chi connectivity index (χ4n) is 3.49. The van der Waals surface area contributed by atoms with E-state index in [1.165, 1.54) is 24.3 Å². The monoisotopic (exact) mass is 371 g/mol. The molecule has 3 nitrogen and oxygen atoms in total. The van der Waals surface area contributed by atoms with Gasteiger partial charge in [-0.3, -0.25) is 4.98 Å². The zero-order valence-electron chi connectivity index (χ0n) is 15.0. The Labute approximate surface area is 159 Å². The van der Waals surface area contributed by atoms with Gasteiger partial charge < -0.3 is 0 Å². The number of aryl methyl sites for hydroxylation is 1. The Kier molecular flexibility index (Phi) is 3.69. The lowest BCUT2D eigenvalue weighted by atomic mass is 10.1. The van der Waals surface area contributed by atoms with Gasteiger partial charge in [-0.05, 0) is 67.6 Å². The first kappa shape index (κ1) is 16.6. The van der Waals surface area contributed by atoms with Crippen LogP contribution in [0.15, 0.2) is 72.9 Å². The van der Waals surface area contributed by atoms with Crippen LogP contribution in [0.25, 0.3) is 38.8 Å². The third-order valence-corrected chi connectivity index (χ3v) is 4.85. The molecule has 0 radical (unpaired) electrons. The van der Waals surface area contributed by atoms with Crippen molar-refractivity contribution in [3.63, 3.8) is 0 Å². The summed E-state index contributed by atoms with van der Waals surface area (Å²) in [5.41, 5.74) is 5.09. The Morgan fingerprint density at radius 2 is 1.46 bits per heavy atom. The molecule has 0 atom stereocenters. The molecule has 0 aliphatic rings. The molecule has 0 unspecified atom stereocenters. The van der Waals surface area contributed by atoms with Crippen LogP contribution >= 0.6 is 0 Å². The van der Waals surface area contributed by atoms with E-state index in [0.717, 1.165) is 38.6 Å². The summed E-state index contributed by atoms with van der Waals surface area (Å²) in [5.74, 6) is -0.605. The van der Waals surface area contributed by atoms with Crippen molar-refractivity contribution in [1.82, 2.24) is 14.8 Å². The van der Waals surface area contributed by atoms with E-state index in [9.17, 15) is 8.78 Å². The van der Waals surface area contributed by atoms with Gasteiger partial charge in [-0.2, -0.15) is 5.10 Å². The fraction of sp³-hybridized carbons (Fsp3) is 0.0435. The zero-order valence-corrected chi connectivity index (χ0v) is 15.0. The Balaban J connectivity index is 1.90. The van der Waals surface area contributed by atoms with Gasteiger partial charge in [0.25, 0.3) is 0 Å². The van der Waals surface area contributed by atoms with Crippen LogP contribution in [0, 0.1) is 18.6 Å². The number of hydrogen-bond donors (Lipinski definition) is 0. The van der Waals surface area contributed by atoms with Gasteiger partial charge in [0.2, 0.25) is 0 Å². The molecule has 28 heavy (non-hydrogen) atoms. The second kappa shape index (κ2) is 6.23. The molecule has 5 rings (SSSR count). The van der Waals surface area contributed by atoms with Crippen LogP contribution in [-0.4, -0.2) is 14.8 Å². The van der Waals surface area contributed by atoms with Gasteiger partial charge in [-0.1, -0.05) is 11.6 Å². The summed E-state index contributed by atoms with van der Waals surface area (Å²) in [7, 11) is 0. The maximum absolute atomic E-state index is 13.5. The topological polar surface area (TPSA) is 30.7 Å². The minimum atomic E-state index is -0.304. The normalized spacial score (nSPS) is 11.4. The Morgan fingerprint density at radius 1 is 0.786 bits per heavy atom. The third kappa shape index (κ3) is 2.63. The molecule has 5 heteroatoms. The van der Waals surface area contributed by atoms with Crippen molar-refractivity contribution < 1.29 is 8.78 Å². The molecule has 0 aliphatic carbocycles. The quantitative estimate of drug-likeness (QED) is 0.391. The summed E-state index contributed by atoms with van der Waals surface area (Å²) in [6, 6.07) is 18.5. The van der Waals surface area contributed by atoms with E-state index in [1.807, 2.05) is 19.1 Å². The highest BCUT2D eigenvalue weighted by Gasteiger charge is 2.17. The average Bonchev–Trinajstić information content (AvgIpc) is 3.09. The predicted octanol–water partition coefficient (Wildman–Crippen LogP) is 5.83. The highest BCUT2D eigenvalue weighted by Crippen LogP contribution is 2.34. The van der Waals surface area contributed by atoms with E-state index in [0.29, 0.717) is 5.69 Å². The van der Waals surface area contributed by atoms with Gasteiger partial charge in [-0.15, -0.1) is 0 Å². The molecule has 136 valence electrons. The van der Waals surface area contributed by atoms with Gasteiger partial charge in [0.15, 0.2) is 0 Å². The van der Waals surface area contributed by atoms with Crippen molar-refractivity contribution in [2.75, 3.05) is 0 Å². The van der Waals surface area contributed by atoms with Gasteiger partial charge in [0, 0.05) is 22.5 Å². The third-order valence-electron chi connectivity index (χ3n) is 4.85. The number of aromatic nitrogens is 3. The lowest BCUT2D eigenvalue weighted by Gasteiger charge is -2.06. The van der Waals surface area contributed by atoms with Gasteiger partial charge in [0.05, 0.1) is 16.7 Å². The van der Waals surface area contributed by atoms with Crippen LogP contribution in [0.5, 0.6) is 0 Å². The minimum absolute atomic E-state index is 0.301. The predicted molar refractivity (Wildman–Crippen MR) is 106 cm³/mol. The van der Waals surface area contributed by atoms with Crippen LogP contribution in [0.4, 0.5) is 8.78 Å². The average molecular weight is 371 g/mol. The molecule has 0 saturated heterocycles. The molecule has 3 aromatic carbocycles. The largest absolute Gasteiger partial charge is 0.255 e. The number of rotatable bonds is 2. The van der Waals surface area contributed by atoms with Crippen molar-refractivity contribution in [2.24, 2.45) is 0 Å². The first-order chi connectivity index (χ1) is 13.6. The fourth-order valence-corrected chi connectivity index (χ4v) is 3.49. The molecule has 0 N–H and O–H groups in total. The summed E-state index contributed by atoms with van der Waals surface area (Å²) >= 11 is 0. The molecule has 0 aliphatic heterocycles. The second-order valence-corrected chi connectivity index (χ2v) is 6.78. The molecular weight excluding hydrogens is 356 g/mol. The smallest absolute Gasteiger partial charge is 0.123 e. The maximum Gasteiger partial charge on any atom is 0.123 e. The molecule has 0 spiro atoms. The van der Waals surface area contributed by atoms with Crippen LogP contribution in [-0.2, 0) is 0 Å². The van der Waals surface area contributed by atoms with Crippen molar-refractivity contribution in [2.45, 2.75) is 6.92 Å². The van der Waals surface area contributed by atoms with Crippen molar-refractivity contribution in [1.29, 1.82) is 0 Å². The van der Waals surface area contributed by atoms with E-state index >= 15 is 0 Å². The van der Waals surface area contributed by atoms with E-state index in [2.05, 4.69) is 11.1 Å². The van der Waals surface area contributed by atoms with Gasteiger partial charge in [-0.25, -0.2) is 13.5 Å². The van der Waals surface area contributed by atoms with E-state index in [-0.39, 0.29) is 11.6 Å². The van der Waals surface area contributed by atoms with Crippen LogP contribution in [0.2, 0.25) is 0 Å². The highest BCUT2D eigenvalue weighted by molar-refractivity contribution is 6.08. The minimum Gasteiger partial charge on any atom is -0.255 e. The summed E-state index contributed by atoms with van der Waals surface area (Å²) in [4.78, 5) is 4.59. The Morgan fingerprint density at radius 3 is 2.18 bits per heavy atom. The maximum atomic E-state index is 13.5.